The van der Waals surface area contributed by atoms with Crippen molar-refractivity contribution in [3.8, 4) is 11.5 Å². The Morgan fingerprint density at radius 1 is 1.15 bits per heavy atom. The van der Waals surface area contributed by atoms with Gasteiger partial charge in [-0.2, -0.15) is 0 Å². The maximum absolute atomic E-state index is 11.5. The van der Waals surface area contributed by atoms with Crippen molar-refractivity contribution in [1.82, 2.24) is 10.2 Å². The average Bonchev–Trinajstić information content (AvgIpc) is 2.95. The Kier molecular flexibility index (Phi) is 7.41. The molecule has 142 valence electrons. The second-order valence-corrected chi connectivity index (χ2v) is 5.54. The van der Waals surface area contributed by atoms with Crippen LogP contribution in [0, 0.1) is 0 Å². The van der Waals surface area contributed by atoms with Crippen molar-refractivity contribution in [3.05, 3.63) is 54.6 Å². The Morgan fingerprint density at radius 3 is 2.59 bits per heavy atom. The normalized spacial score (nSPS) is 13.8. The summed E-state index contributed by atoms with van der Waals surface area (Å²) in [4.78, 5) is 28.1. The topological polar surface area (TPSA) is 109 Å². The molecule has 0 spiro atoms. The van der Waals surface area contributed by atoms with Crippen LogP contribution in [-0.2, 0) is 4.79 Å². The maximum atomic E-state index is 11.5. The van der Waals surface area contributed by atoms with Gasteiger partial charge in [0.2, 0.25) is 5.91 Å². The number of hydrogen-bond acceptors (Lipinski definition) is 4. The van der Waals surface area contributed by atoms with Gasteiger partial charge in [0.05, 0.1) is 19.6 Å². The van der Waals surface area contributed by atoms with E-state index in [0.717, 1.165) is 16.3 Å². The van der Waals surface area contributed by atoms with Crippen LogP contribution < -0.4 is 21.1 Å². The minimum absolute atomic E-state index is 0. The molecule has 0 bridgehead atoms. The van der Waals surface area contributed by atoms with Gasteiger partial charge in [-0.1, -0.05) is 24.3 Å². The molecule has 9 heteroatoms. The number of imide groups is 1. The molecule has 1 aliphatic rings. The van der Waals surface area contributed by atoms with Crippen LogP contribution >= 0.6 is 24.0 Å². The van der Waals surface area contributed by atoms with Crippen LogP contribution in [0.4, 0.5) is 10.5 Å². The monoisotopic (exact) mass is 481 g/mol. The summed E-state index contributed by atoms with van der Waals surface area (Å²) in [5.74, 6) is 1.32. The number of benzene rings is 2. The maximum Gasteiger partial charge on any atom is 0.324 e. The number of halogens is 1. The van der Waals surface area contributed by atoms with E-state index in [-0.39, 0.29) is 55.5 Å². The Hall–Kier alpha value is -2.82. The van der Waals surface area contributed by atoms with E-state index in [2.05, 4.69) is 15.6 Å². The van der Waals surface area contributed by atoms with Gasteiger partial charge in [-0.25, -0.2) is 4.79 Å². The fourth-order valence-corrected chi connectivity index (χ4v) is 2.40. The summed E-state index contributed by atoms with van der Waals surface area (Å²) < 4.78 is 5.76. The molecule has 1 heterocycles. The summed E-state index contributed by atoms with van der Waals surface area (Å²) in [7, 11) is 0. The molecule has 0 aliphatic carbocycles. The molecule has 1 aliphatic heterocycles. The van der Waals surface area contributed by atoms with E-state index in [9.17, 15) is 9.59 Å². The van der Waals surface area contributed by atoms with Crippen LogP contribution in [0.15, 0.2) is 59.6 Å². The quantitative estimate of drug-likeness (QED) is 0.254. The van der Waals surface area contributed by atoms with Gasteiger partial charge >= 0.3 is 6.03 Å². The van der Waals surface area contributed by atoms with Crippen molar-refractivity contribution < 1.29 is 14.3 Å². The number of aliphatic imine (C=N–C) groups is 1. The van der Waals surface area contributed by atoms with E-state index >= 15 is 0 Å². The highest BCUT2D eigenvalue weighted by molar-refractivity contribution is 14.0. The summed E-state index contributed by atoms with van der Waals surface area (Å²) >= 11 is 0. The molecule has 0 aromatic heterocycles. The number of urea groups is 1. The number of anilines is 1. The Balaban J connectivity index is 0.00000261. The Morgan fingerprint density at radius 2 is 1.89 bits per heavy atom. The highest BCUT2D eigenvalue weighted by Gasteiger charge is 2.27. The molecule has 0 atom stereocenters. The lowest BCUT2D eigenvalue weighted by molar-refractivity contribution is -0.124. The van der Waals surface area contributed by atoms with Crippen molar-refractivity contribution >= 4 is 47.6 Å². The van der Waals surface area contributed by atoms with Gasteiger partial charge in [0.25, 0.3) is 0 Å². The largest absolute Gasteiger partial charge is 0.457 e. The van der Waals surface area contributed by atoms with Crippen molar-refractivity contribution in [3.63, 3.8) is 0 Å². The second-order valence-electron chi connectivity index (χ2n) is 5.54. The minimum Gasteiger partial charge on any atom is -0.457 e. The number of rotatable bonds is 6. The standard InChI is InChI=1S/C18H19N5O3.HI/c19-17(20-9-10-23-16(24)12-21-18(23)25)22-13-5-4-8-15(11-13)26-14-6-2-1-3-7-14;/h1-8,11H,9-10,12H2,(H,21,25)(H3,19,20,22);1H. The van der Waals surface area contributed by atoms with Crippen molar-refractivity contribution in [2.45, 2.75) is 0 Å². The lowest BCUT2D eigenvalue weighted by Gasteiger charge is -2.11. The molecule has 0 radical (unpaired) electrons. The van der Waals surface area contributed by atoms with E-state index < -0.39 is 6.03 Å². The average molecular weight is 481 g/mol. The zero-order chi connectivity index (χ0) is 18.4. The predicted octanol–water partition coefficient (Wildman–Crippen LogP) is 2.38. The van der Waals surface area contributed by atoms with Crippen LogP contribution in [0.5, 0.6) is 11.5 Å². The number of nitrogens with two attached hydrogens (primary N) is 1. The zero-order valence-electron chi connectivity index (χ0n) is 14.4. The van der Waals surface area contributed by atoms with Crippen molar-refractivity contribution in [2.24, 2.45) is 10.7 Å². The number of ether oxygens (including phenoxy) is 1. The van der Waals surface area contributed by atoms with E-state index in [0.29, 0.717) is 5.75 Å². The smallest absolute Gasteiger partial charge is 0.324 e. The number of nitrogens with one attached hydrogen (secondary N) is 2. The van der Waals surface area contributed by atoms with Crippen LogP contribution in [0.25, 0.3) is 0 Å². The third-order valence-electron chi connectivity index (χ3n) is 3.63. The predicted molar refractivity (Wildman–Crippen MR) is 114 cm³/mol. The summed E-state index contributed by atoms with van der Waals surface area (Å²) in [6.45, 7) is 0.437. The molecule has 0 saturated carbocycles. The van der Waals surface area contributed by atoms with Crippen molar-refractivity contribution in [1.29, 1.82) is 0 Å². The zero-order valence-corrected chi connectivity index (χ0v) is 16.8. The Bertz CT molecular complexity index is 813. The van der Waals surface area contributed by atoms with Gasteiger partial charge < -0.3 is 21.1 Å². The van der Waals surface area contributed by atoms with Crippen LogP contribution in [0.2, 0.25) is 0 Å². The molecular weight excluding hydrogens is 461 g/mol. The van der Waals surface area contributed by atoms with E-state index in [1.807, 2.05) is 48.5 Å². The Labute approximate surface area is 173 Å². The molecule has 8 nitrogen and oxygen atoms in total. The van der Waals surface area contributed by atoms with Crippen LogP contribution in [0.3, 0.4) is 0 Å². The fourth-order valence-electron chi connectivity index (χ4n) is 2.40. The molecule has 3 rings (SSSR count). The van der Waals surface area contributed by atoms with Crippen LogP contribution in [-0.4, -0.2) is 42.4 Å². The molecular formula is C18H20IN5O3. The SMILES string of the molecule is I.NC(=NCCN1C(=O)CNC1=O)Nc1cccc(Oc2ccccc2)c1. The van der Waals surface area contributed by atoms with E-state index in [4.69, 9.17) is 10.5 Å². The van der Waals surface area contributed by atoms with E-state index in [1.54, 1.807) is 6.07 Å². The summed E-state index contributed by atoms with van der Waals surface area (Å²) in [6.07, 6.45) is 0. The molecule has 2 aromatic rings. The van der Waals surface area contributed by atoms with Gasteiger partial charge in [-0.15, -0.1) is 24.0 Å². The van der Waals surface area contributed by atoms with Gasteiger partial charge in [0, 0.05) is 11.8 Å². The van der Waals surface area contributed by atoms with Crippen LogP contribution in [0.1, 0.15) is 0 Å². The molecule has 1 saturated heterocycles. The summed E-state index contributed by atoms with van der Waals surface area (Å²) in [5, 5.41) is 5.41. The first-order chi connectivity index (χ1) is 12.6. The highest BCUT2D eigenvalue weighted by Crippen LogP contribution is 2.23. The van der Waals surface area contributed by atoms with Crippen molar-refractivity contribution in [2.75, 3.05) is 25.0 Å². The summed E-state index contributed by atoms with van der Waals surface area (Å²) in [6, 6.07) is 16.3. The third-order valence-corrected chi connectivity index (χ3v) is 3.63. The fraction of sp³-hybridized carbons (Fsp3) is 0.167. The molecule has 4 N–H and O–H groups in total. The highest BCUT2D eigenvalue weighted by atomic mass is 127. The van der Waals surface area contributed by atoms with Gasteiger partial charge in [0.1, 0.15) is 11.5 Å². The molecule has 0 unspecified atom stereocenters. The molecule has 1 fully saturated rings. The third kappa shape index (κ3) is 5.84. The number of hydrogen-bond donors (Lipinski definition) is 3. The molecule has 3 amide bonds. The van der Waals surface area contributed by atoms with Gasteiger partial charge in [-0.05, 0) is 24.3 Å². The molecule has 27 heavy (non-hydrogen) atoms. The first kappa shape index (κ1) is 20.5. The number of nitrogens with zero attached hydrogens (tertiary/aromatic N) is 2. The first-order valence-corrected chi connectivity index (χ1v) is 8.10. The number of carbonyl (C=O) groups excluding carboxylic acids is 2. The minimum atomic E-state index is -0.400. The number of amides is 3. The summed E-state index contributed by atoms with van der Waals surface area (Å²) in [5.41, 5.74) is 6.57. The number of guanidine groups is 1. The number of para-hydroxylation sites is 1. The lowest BCUT2D eigenvalue weighted by atomic mass is 10.3. The number of carbonyl (C=O) groups is 2. The molecule has 2 aromatic carbocycles. The second kappa shape index (κ2) is 9.76. The van der Waals surface area contributed by atoms with Gasteiger partial charge in [-0.3, -0.25) is 14.7 Å². The van der Waals surface area contributed by atoms with Gasteiger partial charge in [0.15, 0.2) is 5.96 Å². The lowest BCUT2D eigenvalue weighted by Crippen LogP contribution is -2.34. The van der Waals surface area contributed by atoms with E-state index in [1.165, 1.54) is 0 Å². The first-order valence-electron chi connectivity index (χ1n) is 8.10.